The summed E-state index contributed by atoms with van der Waals surface area (Å²) in [4.78, 5) is 22.4. The van der Waals surface area contributed by atoms with Gasteiger partial charge in [-0.3, -0.25) is 14.9 Å². The molecule has 1 aliphatic rings. The van der Waals surface area contributed by atoms with Crippen molar-refractivity contribution in [2.24, 2.45) is 0 Å². The molecule has 1 saturated carbocycles. The van der Waals surface area contributed by atoms with Gasteiger partial charge < -0.3 is 5.32 Å². The molecule has 118 valence electrons. The number of halogens is 2. The summed E-state index contributed by atoms with van der Waals surface area (Å²) in [7, 11) is 0. The summed E-state index contributed by atoms with van der Waals surface area (Å²) in [6.45, 7) is 0. The SMILES string of the molecule is O=C(Nc1ccccc1C1CC1(Cl)Cl)c1ccc([N+](=O)[O-])cc1. The number of hydrogen-bond acceptors (Lipinski definition) is 3. The number of rotatable bonds is 4. The predicted molar refractivity (Wildman–Crippen MR) is 89.3 cm³/mol. The maximum absolute atomic E-state index is 12.3. The molecule has 23 heavy (non-hydrogen) atoms. The molecule has 0 aromatic heterocycles. The Morgan fingerprint density at radius 2 is 1.78 bits per heavy atom. The molecule has 0 heterocycles. The molecule has 5 nitrogen and oxygen atoms in total. The van der Waals surface area contributed by atoms with Gasteiger partial charge in [-0.1, -0.05) is 18.2 Å². The lowest BCUT2D eigenvalue weighted by Crippen LogP contribution is -2.13. The highest BCUT2D eigenvalue weighted by atomic mass is 35.5. The van der Waals surface area contributed by atoms with E-state index in [4.69, 9.17) is 23.2 Å². The van der Waals surface area contributed by atoms with E-state index < -0.39 is 9.26 Å². The topological polar surface area (TPSA) is 72.2 Å². The Kier molecular flexibility index (Phi) is 4.00. The number of benzene rings is 2. The van der Waals surface area contributed by atoms with Crippen molar-refractivity contribution in [3.63, 3.8) is 0 Å². The number of alkyl halides is 2. The van der Waals surface area contributed by atoms with Crippen LogP contribution >= 0.6 is 23.2 Å². The van der Waals surface area contributed by atoms with E-state index in [1.807, 2.05) is 18.2 Å². The Hall–Kier alpha value is -2.11. The van der Waals surface area contributed by atoms with Crippen LogP contribution in [0.5, 0.6) is 0 Å². The molecule has 0 saturated heterocycles. The first-order valence-corrected chi connectivity index (χ1v) is 7.66. The fourth-order valence-corrected chi connectivity index (χ4v) is 2.94. The van der Waals surface area contributed by atoms with Gasteiger partial charge in [0, 0.05) is 29.3 Å². The van der Waals surface area contributed by atoms with E-state index in [0.29, 0.717) is 17.7 Å². The minimum atomic E-state index is -0.784. The van der Waals surface area contributed by atoms with Gasteiger partial charge in [0.2, 0.25) is 0 Å². The zero-order chi connectivity index (χ0) is 16.6. The van der Waals surface area contributed by atoms with Crippen molar-refractivity contribution in [1.82, 2.24) is 0 Å². The quantitative estimate of drug-likeness (QED) is 0.500. The molecule has 1 aliphatic carbocycles. The monoisotopic (exact) mass is 350 g/mol. The number of nitro groups is 1. The number of carbonyl (C=O) groups excluding carboxylic acids is 1. The van der Waals surface area contributed by atoms with E-state index in [1.165, 1.54) is 24.3 Å². The number of amides is 1. The predicted octanol–water partition coefficient (Wildman–Crippen LogP) is 4.51. The highest BCUT2D eigenvalue weighted by molar-refractivity contribution is 6.51. The molecule has 1 atom stereocenters. The zero-order valence-electron chi connectivity index (χ0n) is 11.8. The average Bonchev–Trinajstić information content (AvgIpc) is 3.16. The van der Waals surface area contributed by atoms with Gasteiger partial charge in [0.15, 0.2) is 0 Å². The van der Waals surface area contributed by atoms with Crippen molar-refractivity contribution in [2.75, 3.05) is 5.32 Å². The number of nitrogens with one attached hydrogen (secondary N) is 1. The summed E-state index contributed by atoms with van der Waals surface area (Å²) >= 11 is 12.2. The second-order valence-electron chi connectivity index (χ2n) is 5.36. The summed E-state index contributed by atoms with van der Waals surface area (Å²) in [5.41, 5.74) is 1.80. The van der Waals surface area contributed by atoms with Crippen molar-refractivity contribution in [1.29, 1.82) is 0 Å². The average molecular weight is 351 g/mol. The van der Waals surface area contributed by atoms with Crippen molar-refractivity contribution >= 4 is 40.5 Å². The van der Waals surface area contributed by atoms with E-state index in [-0.39, 0.29) is 17.5 Å². The number of hydrogen-bond donors (Lipinski definition) is 1. The Morgan fingerprint density at radius 1 is 1.17 bits per heavy atom. The van der Waals surface area contributed by atoms with Crippen LogP contribution in [0.4, 0.5) is 11.4 Å². The number of nitrogens with zero attached hydrogens (tertiary/aromatic N) is 1. The van der Waals surface area contributed by atoms with E-state index >= 15 is 0 Å². The van der Waals surface area contributed by atoms with Crippen LogP contribution in [0.2, 0.25) is 0 Å². The molecule has 7 heteroatoms. The van der Waals surface area contributed by atoms with Crippen LogP contribution in [0.1, 0.15) is 28.3 Å². The van der Waals surface area contributed by atoms with Crippen LogP contribution in [0.25, 0.3) is 0 Å². The summed E-state index contributed by atoms with van der Waals surface area (Å²) in [6, 6.07) is 12.7. The molecule has 2 aromatic carbocycles. The van der Waals surface area contributed by atoms with Crippen molar-refractivity contribution in [3.05, 3.63) is 69.8 Å². The molecule has 0 bridgehead atoms. The molecule has 1 N–H and O–H groups in total. The molecule has 1 amide bonds. The number of para-hydroxylation sites is 1. The standard InChI is InChI=1S/C16H12Cl2N2O3/c17-16(18)9-13(16)12-3-1-2-4-14(12)19-15(21)10-5-7-11(8-6-10)20(22)23/h1-8,13H,9H2,(H,19,21). The highest BCUT2D eigenvalue weighted by Crippen LogP contribution is 2.60. The molecule has 0 aliphatic heterocycles. The molecule has 1 unspecified atom stereocenters. The summed E-state index contributed by atoms with van der Waals surface area (Å²) in [5.74, 6) is -0.359. The molecule has 2 aromatic rings. The first-order valence-electron chi connectivity index (χ1n) is 6.91. The van der Waals surface area contributed by atoms with Gasteiger partial charge in [0.1, 0.15) is 4.33 Å². The summed E-state index contributed by atoms with van der Waals surface area (Å²) in [5, 5.41) is 13.4. The van der Waals surface area contributed by atoms with Crippen molar-refractivity contribution in [3.8, 4) is 0 Å². The van der Waals surface area contributed by atoms with Crippen LogP contribution in [0.15, 0.2) is 48.5 Å². The summed E-state index contributed by atoms with van der Waals surface area (Å²) < 4.78 is -0.784. The van der Waals surface area contributed by atoms with Crippen LogP contribution in [0, 0.1) is 10.1 Å². The lowest BCUT2D eigenvalue weighted by molar-refractivity contribution is -0.384. The maximum Gasteiger partial charge on any atom is 0.269 e. The van der Waals surface area contributed by atoms with Gasteiger partial charge in [-0.15, -0.1) is 23.2 Å². The van der Waals surface area contributed by atoms with Gasteiger partial charge in [0.25, 0.3) is 11.6 Å². The minimum Gasteiger partial charge on any atom is -0.322 e. The number of nitro benzene ring substituents is 1. The van der Waals surface area contributed by atoms with E-state index in [1.54, 1.807) is 6.07 Å². The lowest BCUT2D eigenvalue weighted by atomic mass is 10.1. The second kappa shape index (κ2) is 5.83. The molecule has 3 rings (SSSR count). The smallest absolute Gasteiger partial charge is 0.269 e. The first kappa shape index (κ1) is 15.8. The number of anilines is 1. The Labute approximate surface area is 142 Å². The fraction of sp³-hybridized carbons (Fsp3) is 0.188. The van der Waals surface area contributed by atoms with Crippen molar-refractivity contribution < 1.29 is 9.72 Å². The van der Waals surface area contributed by atoms with E-state index in [2.05, 4.69) is 5.32 Å². The normalized spacial score (nSPS) is 18.3. The minimum absolute atomic E-state index is 0.0146. The van der Waals surface area contributed by atoms with Gasteiger partial charge in [-0.25, -0.2) is 0 Å². The zero-order valence-corrected chi connectivity index (χ0v) is 13.3. The third-order valence-electron chi connectivity index (χ3n) is 3.75. The van der Waals surface area contributed by atoms with Crippen LogP contribution in [-0.4, -0.2) is 15.2 Å². The largest absolute Gasteiger partial charge is 0.322 e. The lowest BCUT2D eigenvalue weighted by Gasteiger charge is -2.11. The molecular formula is C16H12Cl2N2O3. The molecular weight excluding hydrogens is 339 g/mol. The third kappa shape index (κ3) is 3.30. The molecule has 0 spiro atoms. The number of carbonyl (C=O) groups is 1. The number of non-ortho nitro benzene ring substituents is 1. The Bertz CT molecular complexity index is 775. The Morgan fingerprint density at radius 3 is 2.35 bits per heavy atom. The van der Waals surface area contributed by atoms with Gasteiger partial charge in [0.05, 0.1) is 4.92 Å². The fourth-order valence-electron chi connectivity index (χ4n) is 2.39. The van der Waals surface area contributed by atoms with Crippen LogP contribution in [-0.2, 0) is 0 Å². The van der Waals surface area contributed by atoms with E-state index in [9.17, 15) is 14.9 Å². The molecule has 0 radical (unpaired) electrons. The molecule has 1 fully saturated rings. The third-order valence-corrected chi connectivity index (χ3v) is 4.59. The highest BCUT2D eigenvalue weighted by Gasteiger charge is 2.53. The van der Waals surface area contributed by atoms with Gasteiger partial charge in [-0.05, 0) is 30.2 Å². The Balaban J connectivity index is 1.80. The van der Waals surface area contributed by atoms with Gasteiger partial charge >= 0.3 is 0 Å². The van der Waals surface area contributed by atoms with Crippen molar-refractivity contribution in [2.45, 2.75) is 16.7 Å². The van der Waals surface area contributed by atoms with Crippen LogP contribution in [0.3, 0.4) is 0 Å². The van der Waals surface area contributed by atoms with Crippen LogP contribution < -0.4 is 5.32 Å². The second-order valence-corrected chi connectivity index (χ2v) is 6.91. The van der Waals surface area contributed by atoms with Gasteiger partial charge in [-0.2, -0.15) is 0 Å². The summed E-state index contributed by atoms with van der Waals surface area (Å²) in [6.07, 6.45) is 0.639. The first-order chi connectivity index (χ1) is 10.9. The van der Waals surface area contributed by atoms with E-state index in [0.717, 1.165) is 5.56 Å². The maximum atomic E-state index is 12.3.